The van der Waals surface area contributed by atoms with Gasteiger partial charge in [0.1, 0.15) is 12.4 Å². The first-order valence-corrected chi connectivity index (χ1v) is 6.89. The van der Waals surface area contributed by atoms with E-state index in [4.69, 9.17) is 9.57 Å². The third-order valence-corrected chi connectivity index (χ3v) is 3.32. The highest BCUT2D eigenvalue weighted by atomic mass is 19.1. The van der Waals surface area contributed by atoms with Crippen LogP contribution in [-0.2, 0) is 14.4 Å². The van der Waals surface area contributed by atoms with E-state index in [2.05, 4.69) is 5.16 Å². The lowest BCUT2D eigenvalue weighted by Gasteiger charge is -2.22. The average molecular weight is 294 g/mol. The van der Waals surface area contributed by atoms with E-state index < -0.39 is 0 Å². The second-order valence-electron chi connectivity index (χ2n) is 4.85. The average Bonchev–Trinajstić information content (AvgIpc) is 2.93. The predicted octanol–water partition coefficient (Wildman–Crippen LogP) is 1.81. The number of hydrogen-bond donors (Lipinski definition) is 0. The van der Waals surface area contributed by atoms with Crippen molar-refractivity contribution < 1.29 is 18.8 Å². The van der Waals surface area contributed by atoms with Gasteiger partial charge in [-0.1, -0.05) is 17.3 Å². The number of hydrogen-bond acceptors (Lipinski definition) is 4. The van der Waals surface area contributed by atoms with Crippen LogP contribution in [-0.4, -0.2) is 49.4 Å². The molecule has 0 saturated carbocycles. The topological polar surface area (TPSA) is 51.1 Å². The number of rotatable bonds is 6. The Morgan fingerprint density at radius 3 is 3.05 bits per heavy atom. The summed E-state index contributed by atoms with van der Waals surface area (Å²) in [6.45, 7) is 2.98. The molecule has 0 bridgehead atoms. The van der Waals surface area contributed by atoms with Crippen LogP contribution in [0.25, 0.3) is 0 Å². The summed E-state index contributed by atoms with van der Waals surface area (Å²) in [6.07, 6.45) is 0.351. The van der Waals surface area contributed by atoms with Gasteiger partial charge in [0, 0.05) is 25.6 Å². The van der Waals surface area contributed by atoms with Crippen molar-refractivity contribution in [3.8, 4) is 0 Å². The van der Waals surface area contributed by atoms with E-state index in [0.29, 0.717) is 30.8 Å². The molecule has 0 aliphatic carbocycles. The molecule has 0 unspecified atom stereocenters. The number of carbonyl (C=O) groups excluding carboxylic acids is 1. The number of nitrogens with zero attached hydrogens (tertiary/aromatic N) is 2. The van der Waals surface area contributed by atoms with Crippen LogP contribution in [0.1, 0.15) is 18.9 Å². The zero-order chi connectivity index (χ0) is 15.2. The minimum absolute atomic E-state index is 0.0537. The summed E-state index contributed by atoms with van der Waals surface area (Å²) in [7, 11) is 1.49. The molecule has 1 aromatic rings. The first-order chi connectivity index (χ1) is 10.1. The Balaban J connectivity index is 1.93. The zero-order valence-electron chi connectivity index (χ0n) is 12.2. The van der Waals surface area contributed by atoms with E-state index in [0.717, 1.165) is 0 Å². The molecule has 0 spiro atoms. The molecule has 114 valence electrons. The number of amides is 1. The van der Waals surface area contributed by atoms with Crippen molar-refractivity contribution in [2.75, 3.05) is 26.8 Å². The monoisotopic (exact) mass is 294 g/mol. The smallest absolute Gasteiger partial charge is 0.248 e. The molecule has 1 heterocycles. The third-order valence-electron chi connectivity index (χ3n) is 3.32. The molecule has 0 saturated heterocycles. The molecule has 1 amide bonds. The molecule has 6 heteroatoms. The van der Waals surface area contributed by atoms with Crippen LogP contribution in [0, 0.1) is 5.82 Å². The first-order valence-electron chi connectivity index (χ1n) is 6.89. The van der Waals surface area contributed by atoms with Crippen LogP contribution in [0.3, 0.4) is 0 Å². The highest BCUT2D eigenvalue weighted by Gasteiger charge is 2.26. The molecule has 1 atom stereocenters. The normalized spacial score (nSPS) is 17.3. The highest BCUT2D eigenvalue weighted by molar-refractivity contribution is 6.01. The molecular weight excluding hydrogens is 275 g/mol. The van der Waals surface area contributed by atoms with E-state index in [9.17, 15) is 9.18 Å². The SMILES string of the molecule is CCN(C[C@H]1CC(c2cccc(F)c2)=NO1)C(=O)COC. The van der Waals surface area contributed by atoms with Gasteiger partial charge < -0.3 is 14.5 Å². The van der Waals surface area contributed by atoms with Crippen LogP contribution in [0.5, 0.6) is 0 Å². The molecule has 2 rings (SSSR count). The molecule has 0 fully saturated rings. The molecule has 0 aromatic heterocycles. The summed E-state index contributed by atoms with van der Waals surface area (Å²) in [4.78, 5) is 18.8. The van der Waals surface area contributed by atoms with Crippen molar-refractivity contribution in [3.63, 3.8) is 0 Å². The van der Waals surface area contributed by atoms with Gasteiger partial charge >= 0.3 is 0 Å². The maximum atomic E-state index is 13.2. The van der Waals surface area contributed by atoms with Gasteiger partial charge in [-0.2, -0.15) is 0 Å². The van der Waals surface area contributed by atoms with Crippen molar-refractivity contribution in [1.82, 2.24) is 4.90 Å². The Hall–Kier alpha value is -1.95. The lowest BCUT2D eigenvalue weighted by Crippen LogP contribution is -2.39. The van der Waals surface area contributed by atoms with Crippen LogP contribution in [0.4, 0.5) is 4.39 Å². The van der Waals surface area contributed by atoms with E-state index in [1.807, 2.05) is 6.92 Å². The van der Waals surface area contributed by atoms with Gasteiger partial charge in [0.2, 0.25) is 5.91 Å². The summed E-state index contributed by atoms with van der Waals surface area (Å²) in [5.74, 6) is -0.382. The molecule has 5 nitrogen and oxygen atoms in total. The summed E-state index contributed by atoms with van der Waals surface area (Å²) in [6, 6.07) is 6.25. The van der Waals surface area contributed by atoms with Crippen molar-refractivity contribution in [2.24, 2.45) is 5.16 Å². The number of benzene rings is 1. The molecule has 1 aliphatic heterocycles. The summed E-state index contributed by atoms with van der Waals surface area (Å²) in [5, 5.41) is 4.00. The third kappa shape index (κ3) is 4.01. The minimum atomic E-state index is -0.302. The standard InChI is InChI=1S/C15H19FN2O3/c1-3-18(15(19)10-20-2)9-13-8-14(17-21-13)11-5-4-6-12(16)7-11/h4-7,13H,3,8-10H2,1-2H3/t13-/m1/s1. The second-order valence-corrected chi connectivity index (χ2v) is 4.85. The summed E-state index contributed by atoms with van der Waals surface area (Å²) >= 11 is 0. The fourth-order valence-corrected chi connectivity index (χ4v) is 2.23. The lowest BCUT2D eigenvalue weighted by atomic mass is 10.0. The Morgan fingerprint density at radius 2 is 2.38 bits per heavy atom. The largest absolute Gasteiger partial charge is 0.390 e. The Bertz CT molecular complexity index is 533. The van der Waals surface area contributed by atoms with E-state index >= 15 is 0 Å². The van der Waals surface area contributed by atoms with Crippen molar-refractivity contribution in [1.29, 1.82) is 0 Å². The Morgan fingerprint density at radius 1 is 1.57 bits per heavy atom. The molecule has 1 aliphatic rings. The maximum absolute atomic E-state index is 13.2. The maximum Gasteiger partial charge on any atom is 0.248 e. The Kier molecular flexibility index (Phi) is 5.27. The molecule has 0 N–H and O–H groups in total. The Labute approximate surface area is 123 Å². The summed E-state index contributed by atoms with van der Waals surface area (Å²) in [5.41, 5.74) is 1.42. The number of halogens is 1. The summed E-state index contributed by atoms with van der Waals surface area (Å²) < 4.78 is 18.1. The number of methoxy groups -OCH3 is 1. The molecule has 21 heavy (non-hydrogen) atoms. The number of carbonyl (C=O) groups is 1. The van der Waals surface area contributed by atoms with Crippen LogP contribution in [0.2, 0.25) is 0 Å². The molecular formula is C15H19FN2O3. The molecule has 0 radical (unpaired) electrons. The van der Waals surface area contributed by atoms with E-state index in [1.165, 1.54) is 19.2 Å². The van der Waals surface area contributed by atoms with Gasteiger partial charge in [-0.05, 0) is 19.1 Å². The second kappa shape index (κ2) is 7.17. The van der Waals surface area contributed by atoms with Gasteiger partial charge in [-0.25, -0.2) is 4.39 Å². The zero-order valence-corrected chi connectivity index (χ0v) is 12.2. The number of ether oxygens (including phenoxy) is 1. The van der Waals surface area contributed by atoms with Crippen LogP contribution < -0.4 is 0 Å². The number of likely N-dealkylation sites (N-methyl/N-ethyl adjacent to an activating group) is 1. The molecule has 1 aromatic carbocycles. The lowest BCUT2D eigenvalue weighted by molar-refractivity contribution is -0.136. The van der Waals surface area contributed by atoms with Crippen LogP contribution in [0.15, 0.2) is 29.4 Å². The van der Waals surface area contributed by atoms with E-state index in [-0.39, 0.29) is 24.4 Å². The van der Waals surface area contributed by atoms with Crippen LogP contribution >= 0.6 is 0 Å². The van der Waals surface area contributed by atoms with Gasteiger partial charge in [-0.15, -0.1) is 0 Å². The van der Waals surface area contributed by atoms with Gasteiger partial charge in [0.15, 0.2) is 6.10 Å². The highest BCUT2D eigenvalue weighted by Crippen LogP contribution is 2.18. The quantitative estimate of drug-likeness (QED) is 0.804. The van der Waals surface area contributed by atoms with Gasteiger partial charge in [-0.3, -0.25) is 4.79 Å². The van der Waals surface area contributed by atoms with Crippen molar-refractivity contribution >= 4 is 11.6 Å². The fourth-order valence-electron chi connectivity index (χ4n) is 2.23. The predicted molar refractivity (Wildman–Crippen MR) is 76.6 cm³/mol. The fraction of sp³-hybridized carbons (Fsp3) is 0.467. The van der Waals surface area contributed by atoms with E-state index in [1.54, 1.807) is 17.0 Å². The first kappa shape index (κ1) is 15.4. The van der Waals surface area contributed by atoms with Crippen molar-refractivity contribution in [3.05, 3.63) is 35.6 Å². The minimum Gasteiger partial charge on any atom is -0.390 e. The van der Waals surface area contributed by atoms with Gasteiger partial charge in [0.05, 0.1) is 12.3 Å². The van der Waals surface area contributed by atoms with Crippen molar-refractivity contribution in [2.45, 2.75) is 19.4 Å². The van der Waals surface area contributed by atoms with Gasteiger partial charge in [0.25, 0.3) is 0 Å². The number of oxime groups is 1.